The number of benzene rings is 1. The Hall–Kier alpha value is -0.920. The number of nitrogens with one attached hydrogen (secondary N) is 1. The lowest BCUT2D eigenvalue weighted by atomic mass is 10.0. The SMILES string of the molecule is O=C(CSC(F)(F)F)N1CCNCC1c1ccccc1Cl. The van der Waals surface area contributed by atoms with Crippen molar-refractivity contribution in [2.24, 2.45) is 0 Å². The van der Waals surface area contributed by atoms with Crippen molar-refractivity contribution in [3.05, 3.63) is 34.9 Å². The number of nitrogens with zero attached hydrogens (tertiary/aromatic N) is 1. The highest BCUT2D eigenvalue weighted by Crippen LogP contribution is 2.32. The summed E-state index contributed by atoms with van der Waals surface area (Å²) in [4.78, 5) is 13.5. The van der Waals surface area contributed by atoms with Crippen molar-refractivity contribution in [3.8, 4) is 0 Å². The van der Waals surface area contributed by atoms with Gasteiger partial charge in [0.15, 0.2) is 0 Å². The molecule has 0 saturated carbocycles. The fourth-order valence-corrected chi connectivity index (χ4v) is 2.97. The Labute approximate surface area is 129 Å². The Morgan fingerprint density at radius 2 is 2.14 bits per heavy atom. The molecule has 0 aliphatic carbocycles. The van der Waals surface area contributed by atoms with E-state index >= 15 is 0 Å². The van der Waals surface area contributed by atoms with Gasteiger partial charge in [-0.2, -0.15) is 13.2 Å². The van der Waals surface area contributed by atoms with Crippen molar-refractivity contribution < 1.29 is 18.0 Å². The van der Waals surface area contributed by atoms with Gasteiger partial charge in [-0.15, -0.1) is 0 Å². The molecule has 2 rings (SSSR count). The second-order valence-electron chi connectivity index (χ2n) is 4.56. The van der Waals surface area contributed by atoms with Gasteiger partial charge in [0.25, 0.3) is 0 Å². The van der Waals surface area contributed by atoms with Crippen molar-refractivity contribution in [1.82, 2.24) is 10.2 Å². The molecule has 0 spiro atoms. The third-order valence-corrected chi connectivity index (χ3v) is 4.25. The Bertz CT molecular complexity index is 512. The van der Waals surface area contributed by atoms with E-state index in [1.165, 1.54) is 4.90 Å². The molecule has 1 aromatic carbocycles. The zero-order valence-corrected chi connectivity index (χ0v) is 12.6. The average Bonchev–Trinajstić information content (AvgIpc) is 2.44. The van der Waals surface area contributed by atoms with E-state index in [1.54, 1.807) is 24.3 Å². The monoisotopic (exact) mass is 338 g/mol. The molecule has 21 heavy (non-hydrogen) atoms. The fourth-order valence-electron chi connectivity index (χ4n) is 2.25. The topological polar surface area (TPSA) is 32.3 Å². The van der Waals surface area contributed by atoms with Crippen LogP contribution in [-0.2, 0) is 4.79 Å². The van der Waals surface area contributed by atoms with Crippen LogP contribution in [0.5, 0.6) is 0 Å². The van der Waals surface area contributed by atoms with Crippen LogP contribution in [0.2, 0.25) is 5.02 Å². The number of thioether (sulfide) groups is 1. The predicted molar refractivity (Wildman–Crippen MR) is 77.3 cm³/mol. The first-order chi connectivity index (χ1) is 9.88. The van der Waals surface area contributed by atoms with E-state index in [0.717, 1.165) is 5.56 Å². The van der Waals surface area contributed by atoms with Crippen LogP contribution in [0.1, 0.15) is 11.6 Å². The van der Waals surface area contributed by atoms with Crippen molar-refractivity contribution in [3.63, 3.8) is 0 Å². The van der Waals surface area contributed by atoms with E-state index in [4.69, 9.17) is 11.6 Å². The molecule has 3 nitrogen and oxygen atoms in total. The second kappa shape index (κ2) is 6.89. The maximum Gasteiger partial charge on any atom is 0.442 e. The lowest BCUT2D eigenvalue weighted by Crippen LogP contribution is -2.49. The average molecular weight is 339 g/mol. The summed E-state index contributed by atoms with van der Waals surface area (Å²) >= 11 is 5.82. The van der Waals surface area contributed by atoms with Gasteiger partial charge >= 0.3 is 5.51 Å². The first-order valence-electron chi connectivity index (χ1n) is 6.34. The predicted octanol–water partition coefficient (Wildman–Crippen LogP) is 3.07. The van der Waals surface area contributed by atoms with Crippen LogP contribution in [0.25, 0.3) is 0 Å². The molecule has 0 bridgehead atoms. The van der Waals surface area contributed by atoms with Crippen LogP contribution in [0.3, 0.4) is 0 Å². The van der Waals surface area contributed by atoms with Crippen LogP contribution in [-0.4, -0.2) is 41.7 Å². The van der Waals surface area contributed by atoms with Crippen LogP contribution in [0.15, 0.2) is 24.3 Å². The maximum absolute atomic E-state index is 12.2. The molecule has 1 heterocycles. The summed E-state index contributed by atoms with van der Waals surface area (Å²) in [6.45, 7) is 1.41. The lowest BCUT2D eigenvalue weighted by molar-refractivity contribution is -0.131. The Kier molecular flexibility index (Phi) is 5.40. The molecule has 0 aromatic heterocycles. The smallest absolute Gasteiger partial charge is 0.332 e. The molecule has 1 N–H and O–H groups in total. The first kappa shape index (κ1) is 16.5. The Balaban J connectivity index is 2.12. The van der Waals surface area contributed by atoms with E-state index in [2.05, 4.69) is 5.32 Å². The number of rotatable bonds is 3. The van der Waals surface area contributed by atoms with Gasteiger partial charge < -0.3 is 10.2 Å². The van der Waals surface area contributed by atoms with E-state index in [-0.39, 0.29) is 17.8 Å². The van der Waals surface area contributed by atoms with E-state index in [1.807, 2.05) is 0 Å². The van der Waals surface area contributed by atoms with Crippen molar-refractivity contribution in [1.29, 1.82) is 0 Å². The van der Waals surface area contributed by atoms with Crippen LogP contribution < -0.4 is 5.32 Å². The van der Waals surface area contributed by atoms with E-state index in [0.29, 0.717) is 24.7 Å². The molecular weight excluding hydrogens is 325 g/mol. The van der Waals surface area contributed by atoms with Gasteiger partial charge in [0.1, 0.15) is 0 Å². The number of carbonyl (C=O) groups excluding carboxylic acids is 1. The van der Waals surface area contributed by atoms with Crippen molar-refractivity contribution in [2.75, 3.05) is 25.4 Å². The third kappa shape index (κ3) is 4.52. The van der Waals surface area contributed by atoms with Gasteiger partial charge in [-0.3, -0.25) is 4.79 Å². The van der Waals surface area contributed by atoms with Crippen LogP contribution >= 0.6 is 23.4 Å². The van der Waals surface area contributed by atoms with Gasteiger partial charge in [-0.25, -0.2) is 0 Å². The zero-order valence-electron chi connectivity index (χ0n) is 11.0. The number of hydrogen-bond donors (Lipinski definition) is 1. The number of halogens is 4. The number of alkyl halides is 3. The molecular formula is C13H14ClF3N2OS. The Morgan fingerprint density at radius 3 is 2.81 bits per heavy atom. The number of carbonyl (C=O) groups is 1. The highest BCUT2D eigenvalue weighted by atomic mass is 35.5. The highest BCUT2D eigenvalue weighted by molar-refractivity contribution is 8.00. The number of hydrogen-bond acceptors (Lipinski definition) is 3. The summed E-state index contributed by atoms with van der Waals surface area (Å²) in [6, 6.07) is 6.72. The largest absolute Gasteiger partial charge is 0.442 e. The molecule has 1 fully saturated rings. The molecule has 1 aliphatic heterocycles. The molecule has 1 amide bonds. The molecule has 0 radical (unpaired) electrons. The fraction of sp³-hybridized carbons (Fsp3) is 0.462. The van der Waals surface area contributed by atoms with Crippen LogP contribution in [0.4, 0.5) is 13.2 Å². The first-order valence-corrected chi connectivity index (χ1v) is 7.70. The standard InChI is InChI=1S/C13H14ClF3N2OS/c14-10-4-2-1-3-9(10)11-7-18-5-6-19(11)12(20)8-21-13(15,16)17/h1-4,11,18H,5-8H2. The summed E-state index contributed by atoms with van der Waals surface area (Å²) in [6.07, 6.45) is 0. The minimum atomic E-state index is -4.40. The molecule has 1 aliphatic rings. The van der Waals surface area contributed by atoms with Gasteiger partial charge in [0, 0.05) is 24.7 Å². The van der Waals surface area contributed by atoms with Gasteiger partial charge in [-0.05, 0) is 23.4 Å². The van der Waals surface area contributed by atoms with Gasteiger partial charge in [0.05, 0.1) is 11.8 Å². The summed E-state index contributed by atoms with van der Waals surface area (Å²) < 4.78 is 36.7. The Morgan fingerprint density at radius 1 is 1.43 bits per heavy atom. The number of amides is 1. The highest BCUT2D eigenvalue weighted by Gasteiger charge is 2.33. The lowest BCUT2D eigenvalue weighted by Gasteiger charge is -2.37. The minimum absolute atomic E-state index is 0.308. The molecule has 116 valence electrons. The van der Waals surface area contributed by atoms with Gasteiger partial charge in [-0.1, -0.05) is 29.8 Å². The molecule has 1 saturated heterocycles. The third-order valence-electron chi connectivity index (χ3n) is 3.19. The van der Waals surface area contributed by atoms with Crippen LogP contribution in [0, 0.1) is 0 Å². The summed E-state index contributed by atoms with van der Waals surface area (Å²) in [5.74, 6) is -1.13. The number of piperazine rings is 1. The van der Waals surface area contributed by atoms with Crippen molar-refractivity contribution in [2.45, 2.75) is 11.6 Å². The molecule has 1 aromatic rings. The normalized spacial score (nSPS) is 19.6. The summed E-state index contributed by atoms with van der Waals surface area (Å²) in [5.41, 5.74) is -3.65. The zero-order chi connectivity index (χ0) is 15.5. The van der Waals surface area contributed by atoms with E-state index < -0.39 is 17.2 Å². The maximum atomic E-state index is 12.2. The minimum Gasteiger partial charge on any atom is -0.332 e. The van der Waals surface area contributed by atoms with E-state index in [9.17, 15) is 18.0 Å². The second-order valence-corrected chi connectivity index (χ2v) is 6.01. The molecule has 1 atom stereocenters. The van der Waals surface area contributed by atoms with Crippen molar-refractivity contribution >= 4 is 29.3 Å². The quantitative estimate of drug-likeness (QED) is 0.919. The molecule has 8 heteroatoms. The van der Waals surface area contributed by atoms with Gasteiger partial charge in [0.2, 0.25) is 5.91 Å². The summed E-state index contributed by atoms with van der Waals surface area (Å²) in [7, 11) is 0. The summed E-state index contributed by atoms with van der Waals surface area (Å²) in [5, 5.41) is 3.64. The molecule has 1 unspecified atom stereocenters.